The van der Waals surface area contributed by atoms with Crippen molar-refractivity contribution >= 4 is 16.6 Å². The van der Waals surface area contributed by atoms with Crippen molar-refractivity contribution in [3.63, 3.8) is 0 Å². The smallest absolute Gasteiger partial charge is 0.255 e. The van der Waals surface area contributed by atoms with Crippen molar-refractivity contribution in [1.29, 1.82) is 0 Å². The van der Waals surface area contributed by atoms with Crippen molar-refractivity contribution in [3.05, 3.63) is 62.6 Å². The molecule has 5 nitrogen and oxygen atoms in total. The summed E-state index contributed by atoms with van der Waals surface area (Å²) in [5.41, 5.74) is 2.77. The van der Waals surface area contributed by atoms with E-state index in [1.54, 1.807) is 6.07 Å². The van der Waals surface area contributed by atoms with E-state index in [0.29, 0.717) is 48.0 Å². The molecule has 1 N–H and O–H groups in total. The molecule has 2 aliphatic heterocycles. The van der Waals surface area contributed by atoms with Crippen molar-refractivity contribution < 1.29 is 9.13 Å². The van der Waals surface area contributed by atoms with Gasteiger partial charge in [0, 0.05) is 42.6 Å². The van der Waals surface area contributed by atoms with Crippen LogP contribution in [0.2, 0.25) is 0 Å². The van der Waals surface area contributed by atoms with E-state index in [0.717, 1.165) is 23.6 Å². The summed E-state index contributed by atoms with van der Waals surface area (Å²) < 4.78 is 19.3. The summed E-state index contributed by atoms with van der Waals surface area (Å²) in [6, 6.07) is 4.35. The van der Waals surface area contributed by atoms with Gasteiger partial charge in [-0.1, -0.05) is 32.4 Å². The van der Waals surface area contributed by atoms with Gasteiger partial charge in [-0.3, -0.25) is 9.69 Å². The van der Waals surface area contributed by atoms with Gasteiger partial charge in [-0.15, -0.1) is 0 Å². The van der Waals surface area contributed by atoms with Crippen LogP contribution in [0.15, 0.2) is 28.6 Å². The van der Waals surface area contributed by atoms with Crippen molar-refractivity contribution in [2.45, 2.75) is 39.2 Å². The number of aromatic amines is 1. The second kappa shape index (κ2) is 7.01. The molecule has 0 unspecified atom stereocenters. The summed E-state index contributed by atoms with van der Waals surface area (Å²) in [5, 5.41) is 0.529. The maximum atomic E-state index is 13.6. The second-order valence-corrected chi connectivity index (χ2v) is 8.78. The van der Waals surface area contributed by atoms with Gasteiger partial charge >= 0.3 is 0 Å². The fraction of sp³-hybridized carbons (Fsp3) is 0.429. The fourth-order valence-electron chi connectivity index (χ4n) is 3.57. The first-order valence-electron chi connectivity index (χ1n) is 9.37. The van der Waals surface area contributed by atoms with Gasteiger partial charge in [0.25, 0.3) is 5.56 Å². The molecule has 28 heavy (non-hydrogen) atoms. The van der Waals surface area contributed by atoms with Crippen molar-refractivity contribution in [1.82, 2.24) is 14.9 Å². The number of ether oxygens (including phenoxy) is 1. The first kappa shape index (κ1) is 19.2. The monoisotopic (exact) mass is 403 g/mol. The van der Waals surface area contributed by atoms with Crippen molar-refractivity contribution in [2.24, 2.45) is 0 Å². The molecule has 1 aromatic heterocycles. The first-order chi connectivity index (χ1) is 13.2. The topological polar surface area (TPSA) is 58.2 Å². The molecule has 0 amide bonds. The lowest BCUT2D eigenvalue weighted by Gasteiger charge is -2.31. The van der Waals surface area contributed by atoms with Crippen LogP contribution in [0.25, 0.3) is 5.03 Å². The third-order valence-electron chi connectivity index (χ3n) is 5.16. The molecule has 0 radical (unpaired) electrons. The zero-order valence-electron chi connectivity index (χ0n) is 16.2. The van der Waals surface area contributed by atoms with Crippen LogP contribution in [0.5, 0.6) is 5.75 Å². The van der Waals surface area contributed by atoms with Gasteiger partial charge in [-0.2, -0.15) is 0 Å². The lowest BCUT2D eigenvalue weighted by molar-refractivity contribution is 0.253. The van der Waals surface area contributed by atoms with Gasteiger partial charge in [0.05, 0.1) is 16.3 Å². The Morgan fingerprint density at radius 1 is 1.36 bits per heavy atom. The molecule has 0 saturated carbocycles. The highest BCUT2D eigenvalue weighted by Gasteiger charge is 2.27. The molecule has 2 aromatic rings. The third-order valence-corrected chi connectivity index (χ3v) is 5.63. The van der Waals surface area contributed by atoms with E-state index >= 15 is 0 Å². The summed E-state index contributed by atoms with van der Waals surface area (Å²) >= 11 is 6.53. The molecule has 0 bridgehead atoms. The van der Waals surface area contributed by atoms with Gasteiger partial charge < -0.3 is 9.72 Å². The first-order valence-corrected chi connectivity index (χ1v) is 9.75. The zero-order valence-corrected chi connectivity index (χ0v) is 17.0. The van der Waals surface area contributed by atoms with E-state index in [1.165, 1.54) is 12.1 Å². The SMILES string of the molecule is CC(C)(C)c1nc2c(c(=O)[nH]1)CN(CC1=C(Cl)c3cc(F)ccc3OC1)CC2. The Labute approximate surface area is 168 Å². The van der Waals surface area contributed by atoms with E-state index in [2.05, 4.69) is 9.88 Å². The maximum Gasteiger partial charge on any atom is 0.255 e. The Morgan fingerprint density at radius 3 is 2.89 bits per heavy atom. The third kappa shape index (κ3) is 3.59. The number of nitrogens with one attached hydrogen (secondary N) is 1. The largest absolute Gasteiger partial charge is 0.488 e. The number of halogens is 2. The fourth-order valence-corrected chi connectivity index (χ4v) is 3.84. The van der Waals surface area contributed by atoms with Gasteiger partial charge in [0.15, 0.2) is 0 Å². The molecule has 3 heterocycles. The lowest BCUT2D eigenvalue weighted by atomic mass is 9.95. The Balaban J connectivity index is 1.58. The van der Waals surface area contributed by atoms with Gasteiger partial charge in [0.2, 0.25) is 0 Å². The molecule has 2 aliphatic rings. The van der Waals surface area contributed by atoms with Crippen molar-refractivity contribution in [3.8, 4) is 5.75 Å². The summed E-state index contributed by atoms with van der Waals surface area (Å²) in [5.74, 6) is 0.963. The minimum atomic E-state index is -0.346. The van der Waals surface area contributed by atoms with Crippen LogP contribution in [0, 0.1) is 5.82 Å². The molecule has 0 aliphatic carbocycles. The van der Waals surface area contributed by atoms with Crippen LogP contribution in [-0.2, 0) is 18.4 Å². The minimum Gasteiger partial charge on any atom is -0.488 e. The van der Waals surface area contributed by atoms with Crippen LogP contribution in [0.1, 0.15) is 43.4 Å². The second-order valence-electron chi connectivity index (χ2n) is 8.40. The Kier molecular flexibility index (Phi) is 4.79. The maximum absolute atomic E-state index is 13.6. The average molecular weight is 404 g/mol. The number of fused-ring (bicyclic) bond motifs is 2. The summed E-state index contributed by atoms with van der Waals surface area (Å²) in [7, 11) is 0. The van der Waals surface area contributed by atoms with E-state index in [4.69, 9.17) is 21.3 Å². The zero-order chi connectivity index (χ0) is 20.1. The Morgan fingerprint density at radius 2 is 2.14 bits per heavy atom. The van der Waals surface area contributed by atoms with Crippen LogP contribution in [0.3, 0.4) is 0 Å². The highest BCUT2D eigenvalue weighted by Crippen LogP contribution is 2.36. The molecule has 148 valence electrons. The molecular weight excluding hydrogens is 381 g/mol. The quantitative estimate of drug-likeness (QED) is 0.832. The van der Waals surface area contributed by atoms with Gasteiger partial charge in [0.1, 0.15) is 24.0 Å². The highest BCUT2D eigenvalue weighted by molar-refractivity contribution is 6.49. The van der Waals surface area contributed by atoms with Crippen LogP contribution in [-0.4, -0.2) is 34.6 Å². The van der Waals surface area contributed by atoms with E-state index in [9.17, 15) is 9.18 Å². The molecular formula is C21H23ClFN3O2. The van der Waals surface area contributed by atoms with Crippen molar-refractivity contribution in [2.75, 3.05) is 19.7 Å². The molecule has 0 spiro atoms. The standard InChI is InChI=1S/C21H23ClFN3O2/c1-21(2,3)20-24-16-6-7-26(10-15(16)19(27)25-20)9-12-11-28-17-5-4-13(23)8-14(17)18(12)22/h4-5,8H,6-7,9-11H2,1-3H3,(H,24,25,27). The normalized spacial score (nSPS) is 17.2. The van der Waals surface area contributed by atoms with Gasteiger partial charge in [-0.05, 0) is 18.2 Å². The molecule has 0 saturated heterocycles. The van der Waals surface area contributed by atoms with Gasteiger partial charge in [-0.25, -0.2) is 9.37 Å². The highest BCUT2D eigenvalue weighted by atomic mass is 35.5. The van der Waals surface area contributed by atoms with E-state index in [-0.39, 0.29) is 16.8 Å². The number of rotatable bonds is 2. The molecule has 0 atom stereocenters. The Bertz CT molecular complexity index is 1020. The summed E-state index contributed by atoms with van der Waals surface area (Å²) in [4.78, 5) is 22.4. The number of H-pyrrole nitrogens is 1. The van der Waals surface area contributed by atoms with Crippen LogP contribution in [0.4, 0.5) is 4.39 Å². The minimum absolute atomic E-state index is 0.0768. The number of benzene rings is 1. The molecule has 7 heteroatoms. The van der Waals surface area contributed by atoms with E-state index in [1.807, 2.05) is 20.8 Å². The number of nitrogens with zero attached hydrogens (tertiary/aromatic N) is 2. The molecule has 1 aromatic carbocycles. The lowest BCUT2D eigenvalue weighted by Crippen LogP contribution is -2.39. The number of hydrogen-bond acceptors (Lipinski definition) is 4. The average Bonchev–Trinajstić information content (AvgIpc) is 2.64. The number of hydrogen-bond donors (Lipinski definition) is 1. The predicted octanol–water partition coefficient (Wildman–Crippen LogP) is 3.61. The molecule has 0 fully saturated rings. The van der Waals surface area contributed by atoms with Crippen LogP contribution >= 0.6 is 11.6 Å². The summed E-state index contributed by atoms with van der Waals surface area (Å²) in [6.45, 7) is 8.30. The number of aromatic nitrogens is 2. The Hall–Kier alpha value is -2.18. The van der Waals surface area contributed by atoms with E-state index < -0.39 is 0 Å². The summed E-state index contributed by atoms with van der Waals surface area (Å²) in [6.07, 6.45) is 0.708. The molecule has 4 rings (SSSR count). The predicted molar refractivity (Wildman–Crippen MR) is 107 cm³/mol. The van der Waals surface area contributed by atoms with Crippen LogP contribution < -0.4 is 10.3 Å².